The van der Waals surface area contributed by atoms with Crippen molar-refractivity contribution in [3.63, 3.8) is 0 Å². The fraction of sp³-hybridized carbons (Fsp3) is 0.296. The summed E-state index contributed by atoms with van der Waals surface area (Å²) in [6.07, 6.45) is 1.76. The summed E-state index contributed by atoms with van der Waals surface area (Å²) < 4.78 is 18.2. The van der Waals surface area contributed by atoms with Gasteiger partial charge in [0.1, 0.15) is 11.5 Å². The van der Waals surface area contributed by atoms with Gasteiger partial charge in [0.05, 0.1) is 42.7 Å². The Kier molecular flexibility index (Phi) is 7.30. The van der Waals surface area contributed by atoms with Gasteiger partial charge < -0.3 is 19.1 Å². The molecule has 0 saturated heterocycles. The Labute approximate surface area is 213 Å². The number of nitrogens with zero attached hydrogens (tertiary/aromatic N) is 3. The molecule has 0 spiro atoms. The number of hydrogen-bond acceptors (Lipinski definition) is 8. The van der Waals surface area contributed by atoms with Gasteiger partial charge in [0, 0.05) is 25.3 Å². The minimum absolute atomic E-state index is 0.224. The van der Waals surface area contributed by atoms with E-state index in [1.807, 2.05) is 49.3 Å². The third-order valence-corrected chi connectivity index (χ3v) is 6.95. The number of carbonyl (C=O) groups excluding carboxylic acids is 1. The minimum atomic E-state index is -0.661. The van der Waals surface area contributed by atoms with E-state index < -0.39 is 12.0 Å². The summed E-state index contributed by atoms with van der Waals surface area (Å²) in [5.41, 5.74) is 3.14. The molecule has 36 heavy (non-hydrogen) atoms. The first-order valence-corrected chi connectivity index (χ1v) is 12.3. The molecule has 0 N–H and O–H groups in total. The summed E-state index contributed by atoms with van der Waals surface area (Å²) in [4.78, 5) is 34.0. The Morgan fingerprint density at radius 1 is 1.14 bits per heavy atom. The van der Waals surface area contributed by atoms with Crippen LogP contribution in [-0.4, -0.2) is 45.5 Å². The molecule has 1 aliphatic rings. The highest BCUT2D eigenvalue weighted by Gasteiger charge is 2.33. The minimum Gasteiger partial charge on any atom is -0.497 e. The number of methoxy groups -OCH3 is 2. The first-order valence-electron chi connectivity index (χ1n) is 11.5. The Bertz CT molecular complexity index is 1500. The van der Waals surface area contributed by atoms with Crippen molar-refractivity contribution in [3.8, 4) is 11.5 Å². The van der Waals surface area contributed by atoms with Crippen molar-refractivity contribution in [2.75, 3.05) is 39.8 Å². The van der Waals surface area contributed by atoms with Crippen LogP contribution in [0, 0.1) is 0 Å². The standard InChI is InChI=1S/C27H29N3O5S/c1-7-35-26(32)23-16(2)28-27-30(24(23)17-8-10-19(11-9-17)29(3)4)25(31)22(36-27)15-18-14-20(33-5)12-13-21(18)34-6/h8-15,24H,7H2,1-6H3/b22-15-. The fourth-order valence-corrected chi connectivity index (χ4v) is 5.19. The Morgan fingerprint density at radius 3 is 2.47 bits per heavy atom. The molecule has 9 heteroatoms. The number of carbonyl (C=O) groups is 1. The van der Waals surface area contributed by atoms with Gasteiger partial charge in [-0.2, -0.15) is 0 Å². The lowest BCUT2D eigenvalue weighted by Crippen LogP contribution is -2.40. The van der Waals surface area contributed by atoms with Gasteiger partial charge in [0.15, 0.2) is 4.80 Å². The van der Waals surface area contributed by atoms with Gasteiger partial charge in [-0.3, -0.25) is 9.36 Å². The van der Waals surface area contributed by atoms with Crippen molar-refractivity contribution in [2.24, 2.45) is 4.99 Å². The van der Waals surface area contributed by atoms with Crippen molar-refractivity contribution in [1.29, 1.82) is 0 Å². The zero-order chi connectivity index (χ0) is 26.0. The highest BCUT2D eigenvalue weighted by Crippen LogP contribution is 2.32. The molecular formula is C27H29N3O5S. The highest BCUT2D eigenvalue weighted by atomic mass is 32.1. The number of allylic oxidation sites excluding steroid dienone is 1. The largest absolute Gasteiger partial charge is 0.497 e. The fourth-order valence-electron chi connectivity index (χ4n) is 4.16. The molecule has 2 aromatic carbocycles. The molecule has 2 heterocycles. The summed E-state index contributed by atoms with van der Waals surface area (Å²) in [7, 11) is 7.08. The van der Waals surface area contributed by atoms with E-state index in [0.29, 0.717) is 37.7 Å². The van der Waals surface area contributed by atoms with Gasteiger partial charge in [-0.05, 0) is 55.8 Å². The number of benzene rings is 2. The van der Waals surface area contributed by atoms with Crippen LogP contribution in [0.3, 0.4) is 0 Å². The average molecular weight is 508 g/mol. The van der Waals surface area contributed by atoms with Crippen LogP contribution < -0.4 is 29.3 Å². The molecule has 0 saturated carbocycles. The van der Waals surface area contributed by atoms with Gasteiger partial charge in [0.2, 0.25) is 0 Å². The first kappa shape index (κ1) is 25.2. The monoisotopic (exact) mass is 507 g/mol. The molecule has 8 nitrogen and oxygen atoms in total. The molecule has 0 aliphatic carbocycles. The zero-order valence-electron chi connectivity index (χ0n) is 21.2. The Morgan fingerprint density at radius 2 is 1.86 bits per heavy atom. The van der Waals surface area contributed by atoms with E-state index in [0.717, 1.165) is 11.3 Å². The molecular weight excluding hydrogens is 478 g/mol. The summed E-state index contributed by atoms with van der Waals surface area (Å²) in [6.45, 7) is 3.75. The molecule has 0 fully saturated rings. The summed E-state index contributed by atoms with van der Waals surface area (Å²) in [5.74, 6) is 0.777. The van der Waals surface area contributed by atoms with Crippen molar-refractivity contribution < 1.29 is 19.0 Å². The van der Waals surface area contributed by atoms with Crippen LogP contribution in [-0.2, 0) is 9.53 Å². The Hall–Kier alpha value is -3.85. The molecule has 3 aromatic rings. The van der Waals surface area contributed by atoms with Crippen molar-refractivity contribution in [1.82, 2.24) is 4.57 Å². The van der Waals surface area contributed by atoms with E-state index >= 15 is 0 Å². The van der Waals surface area contributed by atoms with E-state index in [1.165, 1.54) is 11.3 Å². The quantitative estimate of drug-likeness (QED) is 0.458. The SMILES string of the molecule is CCOC(=O)C1=C(C)N=c2s/c(=C\c3cc(OC)ccc3OC)c(=O)n2C1c1ccc(N(C)C)cc1. The van der Waals surface area contributed by atoms with Crippen LogP contribution in [0.25, 0.3) is 6.08 Å². The van der Waals surface area contributed by atoms with Crippen molar-refractivity contribution in [2.45, 2.75) is 19.9 Å². The van der Waals surface area contributed by atoms with E-state index in [9.17, 15) is 9.59 Å². The predicted octanol–water partition coefficient (Wildman–Crippen LogP) is 2.88. The molecule has 1 unspecified atom stereocenters. The highest BCUT2D eigenvalue weighted by molar-refractivity contribution is 7.07. The molecule has 1 aliphatic heterocycles. The number of fused-ring (bicyclic) bond motifs is 1. The van der Waals surface area contributed by atoms with Crippen LogP contribution in [0.5, 0.6) is 11.5 Å². The lowest BCUT2D eigenvalue weighted by Gasteiger charge is -2.25. The number of thiazole rings is 1. The van der Waals surface area contributed by atoms with E-state index in [1.54, 1.807) is 50.8 Å². The van der Waals surface area contributed by atoms with Crippen molar-refractivity contribution >= 4 is 29.1 Å². The zero-order valence-corrected chi connectivity index (χ0v) is 22.0. The van der Waals surface area contributed by atoms with Crippen LogP contribution in [0.1, 0.15) is 31.0 Å². The molecule has 4 rings (SSSR count). The predicted molar refractivity (Wildman–Crippen MR) is 141 cm³/mol. The van der Waals surface area contributed by atoms with Crippen LogP contribution in [0.15, 0.2) is 63.5 Å². The average Bonchev–Trinajstić information content (AvgIpc) is 3.17. The van der Waals surface area contributed by atoms with Gasteiger partial charge in [-0.1, -0.05) is 23.5 Å². The molecule has 188 valence electrons. The molecule has 0 amide bonds. The maximum absolute atomic E-state index is 13.8. The lowest BCUT2D eigenvalue weighted by molar-refractivity contribution is -0.139. The van der Waals surface area contributed by atoms with Crippen molar-refractivity contribution in [3.05, 3.63) is 84.5 Å². The van der Waals surface area contributed by atoms with Gasteiger partial charge in [-0.15, -0.1) is 0 Å². The topological polar surface area (TPSA) is 82.4 Å². The molecule has 1 atom stereocenters. The van der Waals surface area contributed by atoms with Crippen LogP contribution in [0.2, 0.25) is 0 Å². The Balaban J connectivity index is 1.95. The summed E-state index contributed by atoms with van der Waals surface area (Å²) >= 11 is 1.26. The lowest BCUT2D eigenvalue weighted by atomic mass is 9.95. The second-order valence-corrected chi connectivity index (χ2v) is 9.41. The number of hydrogen-bond donors (Lipinski definition) is 0. The van der Waals surface area contributed by atoms with E-state index in [-0.39, 0.29) is 12.2 Å². The third-order valence-electron chi connectivity index (χ3n) is 5.97. The summed E-state index contributed by atoms with van der Waals surface area (Å²) in [6, 6.07) is 12.5. The second kappa shape index (κ2) is 10.4. The molecule has 1 aromatic heterocycles. The maximum Gasteiger partial charge on any atom is 0.338 e. The van der Waals surface area contributed by atoms with Gasteiger partial charge >= 0.3 is 5.97 Å². The van der Waals surface area contributed by atoms with E-state index in [2.05, 4.69) is 4.99 Å². The summed E-state index contributed by atoms with van der Waals surface area (Å²) in [5, 5.41) is 0. The first-order chi connectivity index (χ1) is 17.3. The van der Waals surface area contributed by atoms with Crippen LogP contribution in [0.4, 0.5) is 5.69 Å². The third kappa shape index (κ3) is 4.66. The smallest absolute Gasteiger partial charge is 0.338 e. The second-order valence-electron chi connectivity index (χ2n) is 8.40. The number of ether oxygens (including phenoxy) is 3. The number of aromatic nitrogens is 1. The number of anilines is 1. The van der Waals surface area contributed by atoms with Gasteiger partial charge in [0.25, 0.3) is 5.56 Å². The van der Waals surface area contributed by atoms with Gasteiger partial charge in [-0.25, -0.2) is 9.79 Å². The number of esters is 1. The molecule has 0 radical (unpaired) electrons. The van der Waals surface area contributed by atoms with E-state index in [4.69, 9.17) is 14.2 Å². The number of rotatable bonds is 7. The van der Waals surface area contributed by atoms with Crippen LogP contribution >= 0.6 is 11.3 Å². The molecule has 0 bridgehead atoms. The normalized spacial score (nSPS) is 15.3. The maximum atomic E-state index is 13.8.